The average molecular weight is 313 g/mol. The minimum atomic E-state index is -0.0812. The molecule has 0 aromatic carbocycles. The van der Waals surface area contributed by atoms with Gasteiger partial charge >= 0.3 is 12.0 Å². The molecule has 1 aromatic heterocycles. The molecule has 1 heterocycles. The molecule has 1 fully saturated rings. The number of hydrogen-bond donors (Lipinski definition) is 2. The SMILES string of the molecule is CCCNC(=O)NC1CCC(Oc2ncc(Cl)cn2)CC1. The van der Waals surface area contributed by atoms with E-state index >= 15 is 0 Å². The summed E-state index contributed by atoms with van der Waals surface area (Å²) in [5.74, 6) is 0. The molecule has 0 aliphatic heterocycles. The van der Waals surface area contributed by atoms with Crippen LogP contribution in [-0.2, 0) is 0 Å². The van der Waals surface area contributed by atoms with Crippen molar-refractivity contribution in [2.45, 2.75) is 51.2 Å². The lowest BCUT2D eigenvalue weighted by Gasteiger charge is -2.28. The molecule has 1 aliphatic carbocycles. The van der Waals surface area contributed by atoms with Crippen molar-refractivity contribution < 1.29 is 9.53 Å². The molecule has 0 saturated heterocycles. The highest BCUT2D eigenvalue weighted by Gasteiger charge is 2.24. The van der Waals surface area contributed by atoms with Gasteiger partial charge in [-0.3, -0.25) is 0 Å². The number of hydrogen-bond acceptors (Lipinski definition) is 4. The lowest BCUT2D eigenvalue weighted by atomic mass is 9.93. The maximum absolute atomic E-state index is 11.6. The molecule has 7 heteroatoms. The predicted molar refractivity (Wildman–Crippen MR) is 80.5 cm³/mol. The van der Waals surface area contributed by atoms with Crippen LogP contribution in [0.4, 0.5) is 4.79 Å². The summed E-state index contributed by atoms with van der Waals surface area (Å²) in [6, 6.07) is 0.492. The number of rotatable bonds is 5. The van der Waals surface area contributed by atoms with E-state index in [0.717, 1.165) is 32.1 Å². The molecule has 1 saturated carbocycles. The Bertz CT molecular complexity index is 447. The Morgan fingerprint density at radius 1 is 1.33 bits per heavy atom. The number of carbonyl (C=O) groups excluding carboxylic acids is 1. The molecule has 6 nitrogen and oxygen atoms in total. The first kappa shape index (κ1) is 15.8. The van der Waals surface area contributed by atoms with E-state index in [2.05, 4.69) is 20.6 Å². The van der Waals surface area contributed by atoms with E-state index < -0.39 is 0 Å². The first-order chi connectivity index (χ1) is 10.2. The normalized spacial score (nSPS) is 21.6. The maximum atomic E-state index is 11.6. The lowest BCUT2D eigenvalue weighted by molar-refractivity contribution is 0.129. The van der Waals surface area contributed by atoms with E-state index in [1.165, 1.54) is 12.4 Å². The van der Waals surface area contributed by atoms with Gasteiger partial charge in [-0.25, -0.2) is 14.8 Å². The number of aromatic nitrogens is 2. The Kier molecular flexibility index (Phi) is 6.04. The first-order valence-electron chi connectivity index (χ1n) is 7.36. The summed E-state index contributed by atoms with van der Waals surface area (Å²) < 4.78 is 5.72. The molecule has 0 radical (unpaired) electrons. The molecule has 1 aromatic rings. The Labute approximate surface area is 129 Å². The van der Waals surface area contributed by atoms with Crippen LogP contribution in [0.25, 0.3) is 0 Å². The van der Waals surface area contributed by atoms with Crippen LogP contribution in [0, 0.1) is 0 Å². The summed E-state index contributed by atoms with van der Waals surface area (Å²) in [5, 5.41) is 6.31. The molecule has 2 N–H and O–H groups in total. The number of urea groups is 1. The lowest BCUT2D eigenvalue weighted by Crippen LogP contribution is -2.44. The third-order valence-corrected chi connectivity index (χ3v) is 3.61. The Hall–Kier alpha value is -1.56. The van der Waals surface area contributed by atoms with Crippen LogP contribution in [0.1, 0.15) is 39.0 Å². The third-order valence-electron chi connectivity index (χ3n) is 3.41. The fourth-order valence-corrected chi connectivity index (χ4v) is 2.41. The van der Waals surface area contributed by atoms with Gasteiger partial charge in [0, 0.05) is 12.6 Å². The molecule has 0 spiro atoms. The molecule has 116 valence electrons. The van der Waals surface area contributed by atoms with Crippen molar-refractivity contribution in [3.05, 3.63) is 17.4 Å². The van der Waals surface area contributed by atoms with E-state index in [4.69, 9.17) is 16.3 Å². The van der Waals surface area contributed by atoms with Gasteiger partial charge in [-0.2, -0.15) is 0 Å². The van der Waals surface area contributed by atoms with Gasteiger partial charge in [-0.1, -0.05) is 18.5 Å². The smallest absolute Gasteiger partial charge is 0.316 e. The van der Waals surface area contributed by atoms with Crippen molar-refractivity contribution in [2.75, 3.05) is 6.54 Å². The van der Waals surface area contributed by atoms with E-state index in [1.807, 2.05) is 6.92 Å². The topological polar surface area (TPSA) is 76.1 Å². The van der Waals surface area contributed by atoms with Gasteiger partial charge in [-0.05, 0) is 32.1 Å². The zero-order valence-electron chi connectivity index (χ0n) is 12.1. The number of amides is 2. The van der Waals surface area contributed by atoms with Crippen molar-refractivity contribution in [1.82, 2.24) is 20.6 Å². The van der Waals surface area contributed by atoms with Crippen molar-refractivity contribution in [1.29, 1.82) is 0 Å². The third kappa shape index (κ3) is 5.38. The molecule has 2 rings (SSSR count). The van der Waals surface area contributed by atoms with Crippen LogP contribution >= 0.6 is 11.6 Å². The summed E-state index contributed by atoms with van der Waals surface area (Å²) in [6.45, 7) is 2.74. The number of nitrogens with zero attached hydrogens (tertiary/aromatic N) is 2. The molecule has 2 amide bonds. The average Bonchev–Trinajstić information content (AvgIpc) is 2.49. The van der Waals surface area contributed by atoms with Crippen LogP contribution in [0.15, 0.2) is 12.4 Å². The van der Waals surface area contributed by atoms with Crippen LogP contribution in [0.2, 0.25) is 5.02 Å². The van der Waals surface area contributed by atoms with Gasteiger partial charge in [0.1, 0.15) is 6.10 Å². The largest absolute Gasteiger partial charge is 0.460 e. The van der Waals surface area contributed by atoms with Gasteiger partial charge in [0.2, 0.25) is 0 Å². The maximum Gasteiger partial charge on any atom is 0.316 e. The van der Waals surface area contributed by atoms with Crippen LogP contribution in [0.3, 0.4) is 0 Å². The van der Waals surface area contributed by atoms with Gasteiger partial charge in [-0.15, -0.1) is 0 Å². The Morgan fingerprint density at radius 2 is 2.00 bits per heavy atom. The minimum Gasteiger partial charge on any atom is -0.460 e. The fraction of sp³-hybridized carbons (Fsp3) is 0.643. The summed E-state index contributed by atoms with van der Waals surface area (Å²) >= 11 is 5.73. The zero-order chi connectivity index (χ0) is 15.1. The van der Waals surface area contributed by atoms with Crippen molar-refractivity contribution in [3.63, 3.8) is 0 Å². The molecule has 1 aliphatic rings. The monoisotopic (exact) mass is 312 g/mol. The van der Waals surface area contributed by atoms with Crippen LogP contribution in [-0.4, -0.2) is 34.7 Å². The second-order valence-corrected chi connectivity index (χ2v) is 5.61. The van der Waals surface area contributed by atoms with E-state index in [9.17, 15) is 4.79 Å². The minimum absolute atomic E-state index is 0.0812. The van der Waals surface area contributed by atoms with E-state index in [1.54, 1.807) is 0 Å². The molecular weight excluding hydrogens is 292 g/mol. The highest BCUT2D eigenvalue weighted by molar-refractivity contribution is 6.30. The number of ether oxygens (including phenoxy) is 1. The van der Waals surface area contributed by atoms with Crippen LogP contribution in [0.5, 0.6) is 6.01 Å². The number of carbonyl (C=O) groups is 1. The molecule has 0 bridgehead atoms. The summed E-state index contributed by atoms with van der Waals surface area (Å²) in [6.07, 6.45) is 7.65. The molecular formula is C14H21ClN4O2. The Morgan fingerprint density at radius 3 is 2.62 bits per heavy atom. The second-order valence-electron chi connectivity index (χ2n) is 5.18. The standard InChI is InChI=1S/C14H21ClN4O2/c1-2-7-16-13(20)19-11-3-5-12(6-4-11)21-14-17-8-10(15)9-18-14/h8-9,11-12H,2-7H2,1H3,(H2,16,19,20). The van der Waals surface area contributed by atoms with Gasteiger partial charge in [0.15, 0.2) is 0 Å². The van der Waals surface area contributed by atoms with Gasteiger partial charge < -0.3 is 15.4 Å². The molecule has 0 unspecified atom stereocenters. The Balaban J connectivity index is 1.70. The quantitative estimate of drug-likeness (QED) is 0.876. The van der Waals surface area contributed by atoms with E-state index in [-0.39, 0.29) is 18.2 Å². The summed E-state index contributed by atoms with van der Waals surface area (Å²) in [7, 11) is 0. The summed E-state index contributed by atoms with van der Waals surface area (Å²) in [5.41, 5.74) is 0. The predicted octanol–water partition coefficient (Wildman–Crippen LogP) is 2.53. The first-order valence-corrected chi connectivity index (χ1v) is 7.73. The fourth-order valence-electron chi connectivity index (χ4n) is 2.31. The summed E-state index contributed by atoms with van der Waals surface area (Å²) in [4.78, 5) is 19.6. The zero-order valence-corrected chi connectivity index (χ0v) is 12.9. The van der Waals surface area contributed by atoms with Crippen LogP contribution < -0.4 is 15.4 Å². The highest BCUT2D eigenvalue weighted by atomic mass is 35.5. The van der Waals surface area contributed by atoms with Crippen molar-refractivity contribution >= 4 is 17.6 Å². The number of halogens is 1. The van der Waals surface area contributed by atoms with E-state index in [0.29, 0.717) is 17.6 Å². The highest BCUT2D eigenvalue weighted by Crippen LogP contribution is 2.22. The van der Waals surface area contributed by atoms with Crippen molar-refractivity contribution in [3.8, 4) is 6.01 Å². The number of nitrogens with one attached hydrogen (secondary N) is 2. The molecule has 21 heavy (non-hydrogen) atoms. The van der Waals surface area contributed by atoms with Crippen molar-refractivity contribution in [2.24, 2.45) is 0 Å². The second kappa shape index (κ2) is 8.02. The van der Waals surface area contributed by atoms with Gasteiger partial charge in [0.05, 0.1) is 17.4 Å². The van der Waals surface area contributed by atoms with Gasteiger partial charge in [0.25, 0.3) is 0 Å². The molecule has 0 atom stereocenters.